The van der Waals surface area contributed by atoms with E-state index in [1.165, 1.54) is 7.11 Å². The molecule has 0 atom stereocenters. The summed E-state index contributed by atoms with van der Waals surface area (Å²) in [6.07, 6.45) is 5.75. The normalized spacial score (nSPS) is 11.9. The molecule has 0 unspecified atom stereocenters. The molecule has 5 heteroatoms. The predicted octanol–water partition coefficient (Wildman–Crippen LogP) is 4.71. The van der Waals surface area contributed by atoms with E-state index in [1.54, 1.807) is 6.07 Å². The summed E-state index contributed by atoms with van der Waals surface area (Å²) in [7, 11) is 1.51. The zero-order chi connectivity index (χ0) is 18.4. The van der Waals surface area contributed by atoms with E-state index in [1.807, 2.05) is 39.0 Å². The van der Waals surface area contributed by atoms with E-state index in [2.05, 4.69) is 13.0 Å². The number of methoxy groups -OCH3 is 1. The van der Waals surface area contributed by atoms with E-state index in [-0.39, 0.29) is 5.75 Å². The molecule has 0 aliphatic carbocycles. The van der Waals surface area contributed by atoms with Gasteiger partial charge in [0, 0.05) is 0 Å². The van der Waals surface area contributed by atoms with E-state index in [9.17, 15) is 4.79 Å². The van der Waals surface area contributed by atoms with Gasteiger partial charge in [0.1, 0.15) is 5.60 Å². The largest absolute Gasteiger partial charge is 0.492 e. The topological polar surface area (TPSA) is 57.9 Å². The highest BCUT2D eigenvalue weighted by atomic mass is 16.5. The van der Waals surface area contributed by atoms with Crippen LogP contribution in [0.4, 0.5) is 0 Å². The molecule has 0 N–H and O–H groups in total. The SMILES string of the molecule is CC/C=C/CCOc1c(OC)c2cccc(OC(C)(C)C)c2oc1=O. The first kappa shape index (κ1) is 18.9. The average molecular weight is 346 g/mol. The van der Waals surface area contributed by atoms with Crippen LogP contribution in [0.3, 0.4) is 0 Å². The van der Waals surface area contributed by atoms with Gasteiger partial charge >= 0.3 is 5.63 Å². The minimum Gasteiger partial charge on any atom is -0.492 e. The van der Waals surface area contributed by atoms with Crippen molar-refractivity contribution in [2.24, 2.45) is 0 Å². The van der Waals surface area contributed by atoms with Crippen molar-refractivity contribution in [1.82, 2.24) is 0 Å². The Labute approximate surface area is 148 Å². The maximum absolute atomic E-state index is 12.4. The molecule has 136 valence electrons. The Morgan fingerprint density at radius 2 is 1.92 bits per heavy atom. The van der Waals surface area contributed by atoms with Crippen molar-refractivity contribution >= 4 is 11.0 Å². The number of fused-ring (bicyclic) bond motifs is 1. The standard InChI is InChI=1S/C20H26O5/c1-6-7-8-9-13-23-18-17(22-5)14-11-10-12-15(25-20(2,3)4)16(14)24-19(18)21/h7-8,10-12H,6,9,13H2,1-5H3/b8-7+. The minimum atomic E-state index is -0.575. The third-order valence-electron chi connectivity index (χ3n) is 3.36. The van der Waals surface area contributed by atoms with Gasteiger partial charge in [0.25, 0.3) is 0 Å². The highest BCUT2D eigenvalue weighted by molar-refractivity contribution is 5.89. The highest BCUT2D eigenvalue weighted by Crippen LogP contribution is 2.37. The summed E-state index contributed by atoms with van der Waals surface area (Å²) in [6.45, 7) is 8.24. The molecule has 2 rings (SSSR count). The van der Waals surface area contributed by atoms with Crippen LogP contribution in [0.25, 0.3) is 11.0 Å². The molecule has 0 radical (unpaired) electrons. The first-order chi connectivity index (χ1) is 11.9. The number of ether oxygens (including phenoxy) is 3. The quantitative estimate of drug-likeness (QED) is 0.413. The van der Waals surface area contributed by atoms with Crippen LogP contribution in [0.5, 0.6) is 17.2 Å². The van der Waals surface area contributed by atoms with Crippen LogP contribution in [0.15, 0.2) is 39.6 Å². The van der Waals surface area contributed by atoms with Gasteiger partial charge in [-0.1, -0.05) is 25.1 Å². The molecular formula is C20H26O5. The van der Waals surface area contributed by atoms with E-state index in [0.717, 1.165) is 6.42 Å². The molecule has 0 fully saturated rings. The number of allylic oxidation sites excluding steroid dienone is 1. The van der Waals surface area contributed by atoms with Gasteiger partial charge in [-0.3, -0.25) is 0 Å². The molecule has 1 heterocycles. The van der Waals surface area contributed by atoms with Gasteiger partial charge in [0.15, 0.2) is 17.1 Å². The third kappa shape index (κ3) is 4.78. The van der Waals surface area contributed by atoms with Crippen molar-refractivity contribution in [1.29, 1.82) is 0 Å². The lowest BCUT2D eigenvalue weighted by molar-refractivity contribution is 0.131. The molecule has 0 saturated heterocycles. The number of hydrogen-bond donors (Lipinski definition) is 0. The summed E-state index contributed by atoms with van der Waals surface area (Å²) in [5, 5.41) is 0.642. The molecule has 2 aromatic rings. The van der Waals surface area contributed by atoms with E-state index >= 15 is 0 Å². The Hall–Kier alpha value is -2.43. The zero-order valence-corrected chi connectivity index (χ0v) is 15.5. The van der Waals surface area contributed by atoms with Gasteiger partial charge < -0.3 is 18.6 Å². The number of rotatable bonds is 7. The van der Waals surface area contributed by atoms with Crippen LogP contribution in [0, 0.1) is 0 Å². The van der Waals surface area contributed by atoms with Crippen LogP contribution in [0.2, 0.25) is 0 Å². The zero-order valence-electron chi connectivity index (χ0n) is 15.5. The predicted molar refractivity (Wildman–Crippen MR) is 99.0 cm³/mol. The third-order valence-corrected chi connectivity index (χ3v) is 3.36. The van der Waals surface area contributed by atoms with Gasteiger partial charge in [-0.05, 0) is 45.7 Å². The van der Waals surface area contributed by atoms with Crippen molar-refractivity contribution < 1.29 is 18.6 Å². The number of benzene rings is 1. The number of hydrogen-bond acceptors (Lipinski definition) is 5. The summed E-state index contributed by atoms with van der Waals surface area (Å²) in [5.41, 5.74) is -0.632. The molecule has 0 amide bonds. The highest BCUT2D eigenvalue weighted by Gasteiger charge is 2.21. The summed E-state index contributed by atoms with van der Waals surface area (Å²) in [6, 6.07) is 5.42. The minimum absolute atomic E-state index is 0.0906. The first-order valence-corrected chi connectivity index (χ1v) is 8.48. The van der Waals surface area contributed by atoms with Crippen molar-refractivity contribution in [2.45, 2.75) is 46.1 Å². The summed E-state index contributed by atoms with van der Waals surface area (Å²) in [4.78, 5) is 12.4. The maximum atomic E-state index is 12.4. The monoisotopic (exact) mass is 346 g/mol. The van der Waals surface area contributed by atoms with Crippen LogP contribution in [-0.2, 0) is 0 Å². The number of para-hydroxylation sites is 1. The van der Waals surface area contributed by atoms with Gasteiger partial charge in [-0.15, -0.1) is 0 Å². The molecule has 0 bridgehead atoms. The fraction of sp³-hybridized carbons (Fsp3) is 0.450. The molecule has 0 spiro atoms. The second kappa shape index (κ2) is 8.10. The lowest BCUT2D eigenvalue weighted by atomic mass is 10.1. The van der Waals surface area contributed by atoms with Crippen LogP contribution in [0.1, 0.15) is 40.5 Å². The molecule has 0 aliphatic rings. The van der Waals surface area contributed by atoms with Crippen molar-refractivity contribution in [2.75, 3.05) is 13.7 Å². The summed E-state index contributed by atoms with van der Waals surface area (Å²) in [5.74, 6) is 0.954. The molecule has 5 nitrogen and oxygen atoms in total. The Morgan fingerprint density at radius 3 is 2.56 bits per heavy atom. The molecule has 1 aromatic heterocycles. The molecular weight excluding hydrogens is 320 g/mol. The first-order valence-electron chi connectivity index (χ1n) is 8.48. The average Bonchev–Trinajstić information content (AvgIpc) is 2.54. The maximum Gasteiger partial charge on any atom is 0.383 e. The molecule has 1 aromatic carbocycles. The van der Waals surface area contributed by atoms with Crippen LogP contribution < -0.4 is 19.8 Å². The Morgan fingerprint density at radius 1 is 1.16 bits per heavy atom. The van der Waals surface area contributed by atoms with Crippen molar-refractivity contribution in [3.63, 3.8) is 0 Å². The van der Waals surface area contributed by atoms with E-state index in [4.69, 9.17) is 18.6 Å². The Bertz CT molecular complexity index is 796. The Kier molecular flexibility index (Phi) is 6.12. The lowest BCUT2D eigenvalue weighted by Crippen LogP contribution is -2.23. The fourth-order valence-corrected chi connectivity index (χ4v) is 2.40. The van der Waals surface area contributed by atoms with Crippen LogP contribution in [-0.4, -0.2) is 19.3 Å². The van der Waals surface area contributed by atoms with Gasteiger partial charge in [-0.25, -0.2) is 4.79 Å². The molecule has 0 saturated carbocycles. The summed E-state index contributed by atoms with van der Waals surface area (Å²) < 4.78 is 22.5. The van der Waals surface area contributed by atoms with E-state index < -0.39 is 11.2 Å². The van der Waals surface area contributed by atoms with Gasteiger partial charge in [-0.2, -0.15) is 0 Å². The molecule has 0 aliphatic heterocycles. The molecule has 25 heavy (non-hydrogen) atoms. The second-order valence-corrected chi connectivity index (χ2v) is 6.62. The summed E-state index contributed by atoms with van der Waals surface area (Å²) >= 11 is 0. The van der Waals surface area contributed by atoms with Crippen molar-refractivity contribution in [3.8, 4) is 17.2 Å². The fourth-order valence-electron chi connectivity index (χ4n) is 2.40. The van der Waals surface area contributed by atoms with E-state index in [0.29, 0.717) is 35.5 Å². The lowest BCUT2D eigenvalue weighted by Gasteiger charge is -2.22. The van der Waals surface area contributed by atoms with Gasteiger partial charge in [0.05, 0.1) is 19.1 Å². The van der Waals surface area contributed by atoms with Crippen LogP contribution >= 0.6 is 0 Å². The second-order valence-electron chi connectivity index (χ2n) is 6.62. The smallest absolute Gasteiger partial charge is 0.383 e. The Balaban J connectivity index is 2.43. The van der Waals surface area contributed by atoms with Gasteiger partial charge in [0.2, 0.25) is 5.75 Å². The van der Waals surface area contributed by atoms with Crippen molar-refractivity contribution in [3.05, 3.63) is 40.8 Å².